The van der Waals surface area contributed by atoms with Crippen LogP contribution >= 0.6 is 0 Å². The van der Waals surface area contributed by atoms with Gasteiger partial charge >= 0.3 is 6.09 Å². The lowest BCUT2D eigenvalue weighted by Crippen LogP contribution is -2.51. The molecule has 1 saturated heterocycles. The van der Waals surface area contributed by atoms with Gasteiger partial charge in [0, 0.05) is 11.5 Å². The zero-order valence-electron chi connectivity index (χ0n) is 18.4. The zero-order chi connectivity index (χ0) is 24.7. The quantitative estimate of drug-likeness (QED) is 0.534. The average molecular weight is 511 g/mol. The largest absolute Gasteiger partial charge is 0.453 e. The third-order valence-electron chi connectivity index (χ3n) is 7.09. The summed E-state index contributed by atoms with van der Waals surface area (Å²) in [5.41, 5.74) is -0.223. The van der Waals surface area contributed by atoms with Crippen molar-refractivity contribution in [3.8, 4) is 0 Å². The van der Waals surface area contributed by atoms with Crippen LogP contribution in [0, 0.1) is 11.7 Å². The molecule has 0 bridgehead atoms. The molecule has 9 nitrogen and oxygen atoms in total. The average Bonchev–Trinajstić information content (AvgIpc) is 3.44. The third-order valence-corrected chi connectivity index (χ3v) is 8.03. The second-order valence-electron chi connectivity index (χ2n) is 9.04. The molecule has 2 aliphatic carbocycles. The highest BCUT2D eigenvalue weighted by molar-refractivity contribution is 7.89. The molecule has 190 valence electrons. The minimum Gasteiger partial charge on any atom is -0.453 e. The smallest absolute Gasteiger partial charge is 0.410 e. The molecule has 1 amide bonds. The highest BCUT2D eigenvalue weighted by Gasteiger charge is 2.60. The first kappa shape index (κ1) is 25.0. The number of carbonyl (C=O) groups excluding carboxylic acids is 1. The maximum atomic E-state index is 13.7. The highest BCUT2D eigenvalue weighted by atomic mass is 32.2. The summed E-state index contributed by atoms with van der Waals surface area (Å²) < 4.78 is 89.6. The maximum Gasteiger partial charge on any atom is 0.410 e. The van der Waals surface area contributed by atoms with Crippen LogP contribution in [0.5, 0.6) is 0 Å². The van der Waals surface area contributed by atoms with Crippen molar-refractivity contribution in [2.45, 2.75) is 68.2 Å². The number of alkyl halides is 3. The molecular weight excluding hydrogens is 484 g/mol. The number of nitrogens with zero attached hydrogens (tertiary/aromatic N) is 3. The molecule has 2 heterocycles. The molecule has 1 N–H and O–H groups in total. The first-order valence-electron chi connectivity index (χ1n) is 10.9. The Balaban J connectivity index is 1.44. The molecule has 0 unspecified atom stereocenters. The zero-order valence-corrected chi connectivity index (χ0v) is 19.2. The van der Waals surface area contributed by atoms with Crippen LogP contribution in [-0.4, -0.2) is 79.8 Å². The van der Waals surface area contributed by atoms with Gasteiger partial charge in [-0.15, -0.1) is 0 Å². The number of hydrogen-bond donors (Lipinski definition) is 1. The van der Waals surface area contributed by atoms with Crippen LogP contribution < -0.4 is 4.72 Å². The third kappa shape index (κ3) is 4.85. The van der Waals surface area contributed by atoms with Gasteiger partial charge in [-0.3, -0.25) is 4.90 Å². The van der Waals surface area contributed by atoms with Gasteiger partial charge in [0.05, 0.1) is 44.3 Å². The predicted molar refractivity (Wildman–Crippen MR) is 110 cm³/mol. The lowest BCUT2D eigenvalue weighted by Gasteiger charge is -2.33. The van der Waals surface area contributed by atoms with E-state index >= 15 is 0 Å². The summed E-state index contributed by atoms with van der Waals surface area (Å²) in [6.07, 6.45) is 0.343. The summed E-state index contributed by atoms with van der Waals surface area (Å²) in [6, 6.07) is -5.58. The Labute approximate surface area is 194 Å². The van der Waals surface area contributed by atoms with E-state index in [0.717, 1.165) is 30.8 Å². The monoisotopic (exact) mass is 510 g/mol. The van der Waals surface area contributed by atoms with Crippen LogP contribution in [0.2, 0.25) is 0 Å². The summed E-state index contributed by atoms with van der Waals surface area (Å²) in [5.74, 6) is 0.290. The highest BCUT2D eigenvalue weighted by Crippen LogP contribution is 2.61. The van der Waals surface area contributed by atoms with Crippen molar-refractivity contribution in [2.24, 2.45) is 5.92 Å². The number of fused-ring (bicyclic) bond motifs is 1. The van der Waals surface area contributed by atoms with Crippen molar-refractivity contribution in [3.63, 3.8) is 0 Å². The molecule has 1 aliphatic heterocycles. The van der Waals surface area contributed by atoms with E-state index in [1.54, 1.807) is 0 Å². The second kappa shape index (κ2) is 9.53. The molecule has 0 aromatic carbocycles. The van der Waals surface area contributed by atoms with Gasteiger partial charge < -0.3 is 9.47 Å². The number of carbonyl (C=O) groups is 1. The van der Waals surface area contributed by atoms with Gasteiger partial charge in [-0.1, -0.05) is 0 Å². The van der Waals surface area contributed by atoms with Crippen molar-refractivity contribution in [1.29, 1.82) is 0 Å². The molecule has 1 aromatic heterocycles. The Kier molecular flexibility index (Phi) is 7.02. The number of halogens is 4. The van der Waals surface area contributed by atoms with Gasteiger partial charge in [0.25, 0.3) is 6.43 Å². The fourth-order valence-electron chi connectivity index (χ4n) is 5.35. The predicted octanol–water partition coefficient (Wildman–Crippen LogP) is 2.13. The molecule has 4 rings (SSSR count). The topological polar surface area (TPSA) is 111 Å². The van der Waals surface area contributed by atoms with Crippen LogP contribution in [0.4, 0.5) is 22.4 Å². The van der Waals surface area contributed by atoms with Crippen LogP contribution in [0.1, 0.15) is 37.9 Å². The lowest BCUT2D eigenvalue weighted by atomic mass is 9.86. The summed E-state index contributed by atoms with van der Waals surface area (Å²) in [6.45, 7) is -0.227. The van der Waals surface area contributed by atoms with E-state index < -0.39 is 58.9 Å². The van der Waals surface area contributed by atoms with Crippen molar-refractivity contribution in [1.82, 2.24) is 19.6 Å². The van der Waals surface area contributed by atoms with E-state index in [1.807, 2.05) is 0 Å². The van der Waals surface area contributed by atoms with Gasteiger partial charge in [0.15, 0.2) is 5.82 Å². The lowest BCUT2D eigenvalue weighted by molar-refractivity contribution is -0.0239. The Hall–Kier alpha value is -2.06. The van der Waals surface area contributed by atoms with E-state index in [9.17, 15) is 30.8 Å². The number of amides is 1. The molecule has 0 radical (unpaired) electrons. The number of aromatic nitrogens is 2. The number of nitrogens with one attached hydrogen (secondary N) is 1. The maximum absolute atomic E-state index is 13.7. The normalized spacial score (nSPS) is 33.1. The van der Waals surface area contributed by atoms with E-state index in [1.165, 1.54) is 0 Å². The van der Waals surface area contributed by atoms with Gasteiger partial charge in [-0.2, -0.15) is 0 Å². The second-order valence-corrected chi connectivity index (χ2v) is 10.7. The Bertz CT molecular complexity index is 1000. The SMILES string of the molecule is COC(=O)N1[C@H](C(F)F)C[C@H](NS(=O)(=O)CF)[C@@H]1CO[C@H]1CC[C@@]2(c3ncc(F)cn3)C[C@H]2C1. The first-order chi connectivity index (χ1) is 16.1. The Morgan fingerprint density at radius 2 is 2.03 bits per heavy atom. The Morgan fingerprint density at radius 1 is 1.32 bits per heavy atom. The van der Waals surface area contributed by atoms with Crippen molar-refractivity contribution >= 4 is 16.1 Å². The summed E-state index contributed by atoms with van der Waals surface area (Å²) >= 11 is 0. The molecule has 3 fully saturated rings. The number of methoxy groups -OCH3 is 1. The number of ether oxygens (including phenoxy) is 2. The molecule has 3 aliphatic rings. The number of likely N-dealkylation sites (tertiary alicyclic amines) is 1. The Morgan fingerprint density at radius 3 is 2.62 bits per heavy atom. The van der Waals surface area contributed by atoms with Crippen molar-refractivity contribution < 1.29 is 40.2 Å². The summed E-state index contributed by atoms with van der Waals surface area (Å²) in [4.78, 5) is 21.3. The van der Waals surface area contributed by atoms with Crippen LogP contribution in [0.25, 0.3) is 0 Å². The van der Waals surface area contributed by atoms with Gasteiger partial charge in [0.2, 0.25) is 16.0 Å². The van der Waals surface area contributed by atoms with Gasteiger partial charge in [-0.05, 0) is 38.0 Å². The molecular formula is C20H26F4N4O5S. The molecule has 2 saturated carbocycles. The van der Waals surface area contributed by atoms with Gasteiger partial charge in [-0.25, -0.2) is 45.5 Å². The van der Waals surface area contributed by atoms with E-state index in [0.29, 0.717) is 25.1 Å². The number of rotatable bonds is 8. The standard InChI is InChI=1S/C20H26F4N4O5S/c1-32-19(29)28-15(17(23)24)5-14(27-34(30,31)10-21)16(28)9-33-13-2-3-20(6-11(20)4-13)18-25-7-12(22)8-26-18/h7-8,11,13-17,27H,2-6,9-10H2,1H3/t11-,13+,14+,15+,16+,20-/m1/s1. The van der Waals surface area contributed by atoms with Crippen LogP contribution in [-0.2, 0) is 24.9 Å². The van der Waals surface area contributed by atoms with E-state index in [2.05, 4.69) is 19.4 Å². The fourth-order valence-corrected chi connectivity index (χ4v) is 6.12. The van der Waals surface area contributed by atoms with Crippen molar-refractivity contribution in [3.05, 3.63) is 24.0 Å². The molecule has 6 atom stereocenters. The number of sulfonamides is 1. The summed E-state index contributed by atoms with van der Waals surface area (Å²) in [7, 11) is -3.33. The molecule has 34 heavy (non-hydrogen) atoms. The minimum atomic E-state index is -4.36. The van der Waals surface area contributed by atoms with E-state index in [-0.39, 0.29) is 24.0 Å². The van der Waals surface area contributed by atoms with Gasteiger partial charge in [0.1, 0.15) is 5.82 Å². The number of hydrogen-bond acceptors (Lipinski definition) is 7. The van der Waals surface area contributed by atoms with Crippen LogP contribution in [0.15, 0.2) is 12.4 Å². The molecule has 1 aromatic rings. The van der Waals surface area contributed by atoms with Crippen LogP contribution in [0.3, 0.4) is 0 Å². The minimum absolute atomic E-state index is 0.214. The molecule has 0 spiro atoms. The fraction of sp³-hybridized carbons (Fsp3) is 0.750. The van der Waals surface area contributed by atoms with E-state index in [4.69, 9.17) is 4.74 Å². The first-order valence-corrected chi connectivity index (χ1v) is 12.6. The summed E-state index contributed by atoms with van der Waals surface area (Å²) in [5, 5.41) is 0. The molecule has 14 heteroatoms. The van der Waals surface area contributed by atoms with Crippen molar-refractivity contribution in [2.75, 3.05) is 19.7 Å².